The quantitative estimate of drug-likeness (QED) is 0.798. The molecule has 5 heteroatoms. The van der Waals surface area contributed by atoms with Crippen LogP contribution in [0.3, 0.4) is 0 Å². The van der Waals surface area contributed by atoms with Crippen LogP contribution in [-0.2, 0) is 6.61 Å². The molecule has 3 nitrogen and oxygen atoms in total. The van der Waals surface area contributed by atoms with Crippen LogP contribution >= 0.6 is 31.9 Å². The number of halogens is 2. The van der Waals surface area contributed by atoms with Crippen LogP contribution in [0.1, 0.15) is 11.1 Å². The number of hydrogen-bond donors (Lipinski definition) is 1. The topological polar surface area (TPSA) is 38.7 Å². The van der Waals surface area contributed by atoms with Gasteiger partial charge in [0, 0.05) is 0 Å². The number of benzene rings is 2. The minimum atomic E-state index is 0.0267. The van der Waals surface area contributed by atoms with Crippen molar-refractivity contribution in [3.63, 3.8) is 0 Å². The molecule has 1 N–H and O–H groups in total. The van der Waals surface area contributed by atoms with Crippen LogP contribution < -0.4 is 9.47 Å². The van der Waals surface area contributed by atoms with Gasteiger partial charge in [-0.05, 0) is 68.1 Å². The first kappa shape index (κ1) is 15.4. The van der Waals surface area contributed by atoms with E-state index in [4.69, 9.17) is 14.6 Å². The van der Waals surface area contributed by atoms with E-state index in [1.807, 2.05) is 37.3 Å². The molecule has 0 aliphatic heterocycles. The van der Waals surface area contributed by atoms with E-state index in [0.29, 0.717) is 5.75 Å². The van der Waals surface area contributed by atoms with Gasteiger partial charge in [0.2, 0.25) is 0 Å². The van der Waals surface area contributed by atoms with E-state index < -0.39 is 0 Å². The van der Waals surface area contributed by atoms with Crippen LogP contribution in [0, 0.1) is 6.92 Å². The van der Waals surface area contributed by atoms with Gasteiger partial charge in [0.15, 0.2) is 0 Å². The van der Waals surface area contributed by atoms with Crippen LogP contribution in [0.15, 0.2) is 39.3 Å². The summed E-state index contributed by atoms with van der Waals surface area (Å²) in [7, 11) is 1.62. The lowest BCUT2D eigenvalue weighted by Crippen LogP contribution is -1.92. The Morgan fingerprint density at radius 2 is 1.65 bits per heavy atom. The number of aliphatic hydroxyl groups excluding tert-OH is 1. The minimum absolute atomic E-state index is 0.0267. The van der Waals surface area contributed by atoms with Crippen molar-refractivity contribution in [2.24, 2.45) is 0 Å². The molecular formula is C15H14Br2O3. The highest BCUT2D eigenvalue weighted by atomic mass is 79.9. The monoisotopic (exact) mass is 400 g/mol. The van der Waals surface area contributed by atoms with Crippen molar-refractivity contribution in [2.75, 3.05) is 7.11 Å². The number of ether oxygens (including phenoxy) is 2. The molecule has 0 unspecified atom stereocenters. The summed E-state index contributed by atoms with van der Waals surface area (Å²) in [5.74, 6) is 2.18. The molecule has 106 valence electrons. The van der Waals surface area contributed by atoms with Crippen molar-refractivity contribution in [1.82, 2.24) is 0 Å². The first-order valence-corrected chi connectivity index (χ1v) is 7.55. The standard InChI is InChI=1S/C15H14Br2O3/c1-9-5-10(8-18)3-4-13(9)20-15-7-11(16)14(19-2)6-12(15)17/h3-7,18H,8H2,1-2H3. The minimum Gasteiger partial charge on any atom is -0.496 e. The summed E-state index contributed by atoms with van der Waals surface area (Å²) >= 11 is 6.90. The Labute approximate surface area is 134 Å². The Balaban J connectivity index is 2.32. The molecule has 0 saturated carbocycles. The molecule has 0 atom stereocenters. The number of aliphatic hydroxyl groups is 1. The highest BCUT2D eigenvalue weighted by molar-refractivity contribution is 9.11. The molecule has 0 fully saturated rings. The highest BCUT2D eigenvalue weighted by Crippen LogP contribution is 2.38. The summed E-state index contributed by atoms with van der Waals surface area (Å²) in [6.07, 6.45) is 0. The fourth-order valence-corrected chi connectivity index (χ4v) is 2.68. The molecule has 2 rings (SSSR count). The maximum Gasteiger partial charge on any atom is 0.143 e. The molecule has 0 aliphatic rings. The first-order chi connectivity index (χ1) is 9.55. The van der Waals surface area contributed by atoms with Crippen molar-refractivity contribution in [2.45, 2.75) is 13.5 Å². The summed E-state index contributed by atoms with van der Waals surface area (Å²) < 4.78 is 12.8. The fraction of sp³-hybridized carbons (Fsp3) is 0.200. The van der Waals surface area contributed by atoms with Crippen LogP contribution in [0.5, 0.6) is 17.2 Å². The van der Waals surface area contributed by atoms with E-state index in [2.05, 4.69) is 31.9 Å². The zero-order valence-electron chi connectivity index (χ0n) is 11.1. The van der Waals surface area contributed by atoms with Crippen LogP contribution in [-0.4, -0.2) is 12.2 Å². The van der Waals surface area contributed by atoms with E-state index in [9.17, 15) is 0 Å². The molecule has 0 amide bonds. The van der Waals surface area contributed by atoms with Gasteiger partial charge in [0.25, 0.3) is 0 Å². The van der Waals surface area contributed by atoms with Gasteiger partial charge in [-0.15, -0.1) is 0 Å². The largest absolute Gasteiger partial charge is 0.496 e. The van der Waals surface area contributed by atoms with E-state index in [0.717, 1.165) is 31.6 Å². The Bertz CT molecular complexity index is 627. The summed E-state index contributed by atoms with van der Waals surface area (Å²) in [6.45, 7) is 1.97. The van der Waals surface area contributed by atoms with Gasteiger partial charge >= 0.3 is 0 Å². The Morgan fingerprint density at radius 1 is 1.00 bits per heavy atom. The smallest absolute Gasteiger partial charge is 0.143 e. The highest BCUT2D eigenvalue weighted by Gasteiger charge is 2.10. The maximum absolute atomic E-state index is 9.11. The van der Waals surface area contributed by atoms with Crippen molar-refractivity contribution in [1.29, 1.82) is 0 Å². The number of hydrogen-bond acceptors (Lipinski definition) is 3. The van der Waals surface area contributed by atoms with Crippen LogP contribution in [0.4, 0.5) is 0 Å². The predicted molar refractivity (Wildman–Crippen MR) is 85.6 cm³/mol. The lowest BCUT2D eigenvalue weighted by atomic mass is 10.1. The average Bonchev–Trinajstić information content (AvgIpc) is 2.44. The number of aryl methyl sites for hydroxylation is 1. The maximum atomic E-state index is 9.11. The van der Waals surface area contributed by atoms with E-state index >= 15 is 0 Å². The summed E-state index contributed by atoms with van der Waals surface area (Å²) in [6, 6.07) is 9.29. The molecule has 0 heterocycles. The Morgan fingerprint density at radius 3 is 2.25 bits per heavy atom. The Hall–Kier alpha value is -1.04. The summed E-state index contributed by atoms with van der Waals surface area (Å²) in [5, 5.41) is 9.11. The predicted octanol–water partition coefficient (Wildman–Crippen LogP) is 4.81. The third-order valence-electron chi connectivity index (χ3n) is 2.85. The van der Waals surface area contributed by atoms with Crippen molar-refractivity contribution in [3.05, 3.63) is 50.4 Å². The van der Waals surface area contributed by atoms with Crippen LogP contribution in [0.25, 0.3) is 0 Å². The summed E-state index contributed by atoms with van der Waals surface area (Å²) in [4.78, 5) is 0. The normalized spacial score (nSPS) is 10.4. The van der Waals surface area contributed by atoms with Gasteiger partial charge in [0.05, 0.1) is 22.7 Å². The van der Waals surface area contributed by atoms with Crippen molar-refractivity contribution >= 4 is 31.9 Å². The molecule has 0 aliphatic carbocycles. The molecule has 0 aromatic heterocycles. The van der Waals surface area contributed by atoms with Gasteiger partial charge in [0.1, 0.15) is 17.2 Å². The number of methoxy groups -OCH3 is 1. The first-order valence-electron chi connectivity index (χ1n) is 5.96. The second kappa shape index (κ2) is 6.61. The molecular weight excluding hydrogens is 388 g/mol. The zero-order valence-corrected chi connectivity index (χ0v) is 14.3. The SMILES string of the molecule is COc1cc(Br)c(Oc2ccc(CO)cc2C)cc1Br. The van der Waals surface area contributed by atoms with Gasteiger partial charge in [-0.2, -0.15) is 0 Å². The van der Waals surface area contributed by atoms with E-state index in [1.54, 1.807) is 7.11 Å². The molecule has 0 spiro atoms. The molecule has 0 bridgehead atoms. The average molecular weight is 402 g/mol. The van der Waals surface area contributed by atoms with Gasteiger partial charge in [-0.3, -0.25) is 0 Å². The second-order valence-electron chi connectivity index (χ2n) is 4.28. The third-order valence-corrected chi connectivity index (χ3v) is 4.09. The molecule has 0 saturated heterocycles. The van der Waals surface area contributed by atoms with Gasteiger partial charge in [-0.1, -0.05) is 12.1 Å². The van der Waals surface area contributed by atoms with Gasteiger partial charge in [-0.25, -0.2) is 0 Å². The molecule has 2 aromatic carbocycles. The van der Waals surface area contributed by atoms with Gasteiger partial charge < -0.3 is 14.6 Å². The van der Waals surface area contributed by atoms with E-state index in [1.165, 1.54) is 0 Å². The summed E-state index contributed by atoms with van der Waals surface area (Å²) in [5.41, 5.74) is 1.83. The van der Waals surface area contributed by atoms with Crippen molar-refractivity contribution < 1.29 is 14.6 Å². The van der Waals surface area contributed by atoms with Crippen molar-refractivity contribution in [3.8, 4) is 17.2 Å². The molecule has 0 radical (unpaired) electrons. The third kappa shape index (κ3) is 3.34. The zero-order chi connectivity index (χ0) is 14.7. The molecule has 20 heavy (non-hydrogen) atoms. The Kier molecular flexibility index (Phi) is 5.07. The second-order valence-corrected chi connectivity index (χ2v) is 5.99. The molecule has 2 aromatic rings. The number of rotatable bonds is 4. The lowest BCUT2D eigenvalue weighted by molar-refractivity contribution is 0.281. The van der Waals surface area contributed by atoms with Crippen LogP contribution in [0.2, 0.25) is 0 Å². The van der Waals surface area contributed by atoms with E-state index in [-0.39, 0.29) is 6.61 Å². The lowest BCUT2D eigenvalue weighted by Gasteiger charge is -2.13. The fourth-order valence-electron chi connectivity index (χ4n) is 1.79.